The fourth-order valence-corrected chi connectivity index (χ4v) is 3.29. The van der Waals surface area contributed by atoms with E-state index in [0.29, 0.717) is 18.7 Å². The molecule has 12 heteroatoms. The Balaban J connectivity index is 1.57. The van der Waals surface area contributed by atoms with E-state index in [1.165, 1.54) is 28.0 Å². The van der Waals surface area contributed by atoms with Crippen molar-refractivity contribution in [3.8, 4) is 0 Å². The van der Waals surface area contributed by atoms with Gasteiger partial charge in [0.15, 0.2) is 6.61 Å². The van der Waals surface area contributed by atoms with Crippen LogP contribution < -0.4 is 10.6 Å². The van der Waals surface area contributed by atoms with Crippen LogP contribution in [0.1, 0.15) is 29.3 Å². The topological polar surface area (TPSA) is 148 Å². The van der Waals surface area contributed by atoms with Gasteiger partial charge in [0.2, 0.25) is 11.8 Å². The van der Waals surface area contributed by atoms with Crippen molar-refractivity contribution in [1.29, 1.82) is 0 Å². The smallest absolute Gasteiger partial charge is 0.340 e. The van der Waals surface area contributed by atoms with E-state index in [1.54, 1.807) is 18.2 Å². The van der Waals surface area contributed by atoms with Crippen molar-refractivity contribution in [2.45, 2.75) is 26.8 Å². The summed E-state index contributed by atoms with van der Waals surface area (Å²) in [6.07, 6.45) is 1.90. The van der Waals surface area contributed by atoms with E-state index in [-0.39, 0.29) is 30.2 Å². The summed E-state index contributed by atoms with van der Waals surface area (Å²) in [7, 11) is 0. The molecule has 0 atom stereocenters. The van der Waals surface area contributed by atoms with Crippen LogP contribution in [0.25, 0.3) is 0 Å². The molecule has 188 valence electrons. The van der Waals surface area contributed by atoms with Crippen LogP contribution in [0.15, 0.2) is 54.9 Å². The Morgan fingerprint density at radius 1 is 0.972 bits per heavy atom. The molecular weight excluding hydrogens is 466 g/mol. The molecule has 36 heavy (non-hydrogen) atoms. The number of carbonyl (C=O) groups excluding carboxylic acids is 4. The number of para-hydroxylation sites is 2. The second-order valence-corrected chi connectivity index (χ2v) is 7.86. The number of benzene rings is 2. The third kappa shape index (κ3) is 7.45. The molecule has 0 aliphatic carbocycles. The van der Waals surface area contributed by atoms with Gasteiger partial charge in [0, 0.05) is 12.2 Å². The standard InChI is InChI=1S/C24H27N7O5/c1-3-12-30(13-21(32)26-19-10-6-4-8-17(19)2)23(34)15-36-24(35)18-9-5-7-11-20(18)27-22(33)14-31-16-25-28-29-31/h4-11,16H,3,12-15H2,1-2H3,(H,26,32)(H,27,33). The van der Waals surface area contributed by atoms with Gasteiger partial charge in [0.05, 0.1) is 17.8 Å². The molecule has 2 N–H and O–H groups in total. The lowest BCUT2D eigenvalue weighted by Crippen LogP contribution is -2.40. The summed E-state index contributed by atoms with van der Waals surface area (Å²) in [6.45, 7) is 3.19. The fraction of sp³-hybridized carbons (Fsp3) is 0.292. The van der Waals surface area contributed by atoms with Crippen molar-refractivity contribution < 1.29 is 23.9 Å². The number of hydrogen-bond acceptors (Lipinski definition) is 8. The van der Waals surface area contributed by atoms with E-state index in [0.717, 1.165) is 5.56 Å². The molecule has 0 bridgehead atoms. The van der Waals surface area contributed by atoms with Gasteiger partial charge in [-0.05, 0) is 47.5 Å². The molecule has 0 radical (unpaired) electrons. The Hall–Kier alpha value is -4.61. The summed E-state index contributed by atoms with van der Waals surface area (Å²) >= 11 is 0. The summed E-state index contributed by atoms with van der Waals surface area (Å²) < 4.78 is 6.44. The molecule has 12 nitrogen and oxygen atoms in total. The quantitative estimate of drug-likeness (QED) is 0.383. The number of aryl methyl sites for hydroxylation is 1. The van der Waals surface area contributed by atoms with Crippen LogP contribution in [0, 0.1) is 6.92 Å². The van der Waals surface area contributed by atoms with E-state index < -0.39 is 24.4 Å². The van der Waals surface area contributed by atoms with Gasteiger partial charge in [-0.25, -0.2) is 9.48 Å². The average Bonchev–Trinajstić information content (AvgIpc) is 3.36. The number of tetrazole rings is 1. The average molecular weight is 494 g/mol. The third-order valence-electron chi connectivity index (χ3n) is 5.04. The van der Waals surface area contributed by atoms with E-state index in [4.69, 9.17) is 4.74 Å². The zero-order valence-corrected chi connectivity index (χ0v) is 20.0. The van der Waals surface area contributed by atoms with E-state index in [2.05, 4.69) is 26.2 Å². The van der Waals surface area contributed by atoms with Crippen molar-refractivity contribution >= 4 is 35.1 Å². The number of hydrogen-bond donors (Lipinski definition) is 2. The van der Waals surface area contributed by atoms with Crippen LogP contribution >= 0.6 is 0 Å². The number of aromatic nitrogens is 4. The molecule has 0 fully saturated rings. The van der Waals surface area contributed by atoms with Crippen LogP contribution in [0.3, 0.4) is 0 Å². The van der Waals surface area contributed by atoms with Crippen LogP contribution in [0.4, 0.5) is 11.4 Å². The molecule has 1 heterocycles. The highest BCUT2D eigenvalue weighted by Gasteiger charge is 2.21. The van der Waals surface area contributed by atoms with E-state index in [1.807, 2.05) is 32.0 Å². The Morgan fingerprint density at radius 2 is 1.67 bits per heavy atom. The fourth-order valence-electron chi connectivity index (χ4n) is 3.29. The first kappa shape index (κ1) is 26.0. The zero-order valence-electron chi connectivity index (χ0n) is 20.0. The SMILES string of the molecule is CCCN(CC(=O)Nc1ccccc1C)C(=O)COC(=O)c1ccccc1NC(=O)Cn1cnnn1. The summed E-state index contributed by atoms with van der Waals surface area (Å²) in [6, 6.07) is 13.6. The maximum absolute atomic E-state index is 12.7. The number of rotatable bonds is 11. The molecule has 3 rings (SSSR count). The van der Waals surface area contributed by atoms with Crippen molar-refractivity contribution in [2.24, 2.45) is 0 Å². The lowest BCUT2D eigenvalue weighted by molar-refractivity contribution is -0.137. The zero-order chi connectivity index (χ0) is 25.9. The maximum Gasteiger partial charge on any atom is 0.340 e. The molecular formula is C24H27N7O5. The van der Waals surface area contributed by atoms with Crippen molar-refractivity contribution in [2.75, 3.05) is 30.3 Å². The number of anilines is 2. The molecule has 0 saturated carbocycles. The molecule has 0 unspecified atom stereocenters. The Morgan fingerprint density at radius 3 is 2.36 bits per heavy atom. The van der Waals surface area contributed by atoms with Gasteiger partial charge in [-0.2, -0.15) is 0 Å². The second-order valence-electron chi connectivity index (χ2n) is 7.86. The van der Waals surface area contributed by atoms with Gasteiger partial charge in [-0.3, -0.25) is 14.4 Å². The summed E-state index contributed by atoms with van der Waals surface area (Å²) in [5, 5.41) is 15.9. The van der Waals surface area contributed by atoms with Crippen LogP contribution in [0.5, 0.6) is 0 Å². The normalized spacial score (nSPS) is 10.4. The minimum absolute atomic E-state index is 0.0784. The van der Waals surface area contributed by atoms with Crippen molar-refractivity contribution in [1.82, 2.24) is 25.1 Å². The monoisotopic (exact) mass is 493 g/mol. The number of esters is 1. The molecule has 0 saturated heterocycles. The number of nitrogens with one attached hydrogen (secondary N) is 2. The third-order valence-corrected chi connectivity index (χ3v) is 5.04. The predicted octanol–water partition coefficient (Wildman–Crippen LogP) is 1.65. The van der Waals surface area contributed by atoms with Crippen LogP contribution in [-0.2, 0) is 25.7 Å². The van der Waals surface area contributed by atoms with Gasteiger partial charge in [-0.1, -0.05) is 37.3 Å². The summed E-state index contributed by atoms with van der Waals surface area (Å²) in [5.41, 5.74) is 1.86. The molecule has 2 aromatic carbocycles. The lowest BCUT2D eigenvalue weighted by atomic mass is 10.2. The Labute approximate surface area is 207 Å². The highest BCUT2D eigenvalue weighted by molar-refractivity contribution is 6.02. The molecule has 0 aliphatic rings. The summed E-state index contributed by atoms with van der Waals surface area (Å²) in [5.74, 6) is -2.10. The van der Waals surface area contributed by atoms with Gasteiger partial charge in [0.1, 0.15) is 12.9 Å². The number of ether oxygens (including phenoxy) is 1. The maximum atomic E-state index is 12.7. The molecule has 1 aromatic heterocycles. The first-order valence-electron chi connectivity index (χ1n) is 11.3. The highest BCUT2D eigenvalue weighted by atomic mass is 16.5. The number of carbonyl (C=O) groups is 4. The molecule has 0 spiro atoms. The minimum atomic E-state index is -0.789. The van der Waals surface area contributed by atoms with E-state index in [9.17, 15) is 19.2 Å². The van der Waals surface area contributed by atoms with Crippen LogP contribution in [-0.4, -0.2) is 68.5 Å². The van der Waals surface area contributed by atoms with Gasteiger partial charge in [-0.15, -0.1) is 5.10 Å². The Bertz CT molecular complexity index is 1210. The number of nitrogens with zero attached hydrogens (tertiary/aromatic N) is 5. The van der Waals surface area contributed by atoms with Gasteiger partial charge >= 0.3 is 5.97 Å². The second kappa shape index (κ2) is 12.7. The first-order chi connectivity index (χ1) is 17.4. The largest absolute Gasteiger partial charge is 0.452 e. The molecule has 3 aromatic rings. The lowest BCUT2D eigenvalue weighted by Gasteiger charge is -2.22. The van der Waals surface area contributed by atoms with Crippen LogP contribution in [0.2, 0.25) is 0 Å². The van der Waals surface area contributed by atoms with Crippen molar-refractivity contribution in [3.05, 3.63) is 66.0 Å². The minimum Gasteiger partial charge on any atom is -0.452 e. The van der Waals surface area contributed by atoms with E-state index >= 15 is 0 Å². The predicted molar refractivity (Wildman–Crippen MR) is 130 cm³/mol. The van der Waals surface area contributed by atoms with Crippen molar-refractivity contribution in [3.63, 3.8) is 0 Å². The van der Waals surface area contributed by atoms with Gasteiger partial charge < -0.3 is 20.3 Å². The molecule has 3 amide bonds. The molecule has 0 aliphatic heterocycles. The first-order valence-corrected chi connectivity index (χ1v) is 11.3. The summed E-state index contributed by atoms with van der Waals surface area (Å²) in [4.78, 5) is 51.5. The Kier molecular flexibility index (Phi) is 9.20. The number of amides is 3. The van der Waals surface area contributed by atoms with Gasteiger partial charge in [0.25, 0.3) is 5.91 Å². The highest BCUT2D eigenvalue weighted by Crippen LogP contribution is 2.17.